The minimum absolute atomic E-state index is 0.228. The third kappa shape index (κ3) is 2.25. The van der Waals surface area contributed by atoms with Gasteiger partial charge in [-0.15, -0.1) is 0 Å². The van der Waals surface area contributed by atoms with Crippen LogP contribution in [-0.2, 0) is 14.9 Å². The maximum Gasteiger partial charge on any atom is 0.365 e. The number of nitrogens with zero attached hydrogens (tertiary/aromatic N) is 1. The van der Waals surface area contributed by atoms with Crippen LogP contribution < -0.4 is 0 Å². The van der Waals surface area contributed by atoms with Gasteiger partial charge in [0.05, 0.1) is 0 Å². The molecule has 0 saturated carbocycles. The SMILES string of the molecule is CCN(C)S([O])(=O)=O. The first-order valence-electron chi connectivity index (χ1n) is 2.15. The van der Waals surface area contributed by atoms with Gasteiger partial charge in [0, 0.05) is 13.6 Å². The molecule has 0 heterocycles. The first-order chi connectivity index (χ1) is 3.48. The number of hydrogen-bond donors (Lipinski definition) is 0. The van der Waals surface area contributed by atoms with Crippen LogP contribution in [0.5, 0.6) is 0 Å². The zero-order valence-corrected chi connectivity index (χ0v) is 5.60. The molecule has 1 radical (unpaired) electrons. The van der Waals surface area contributed by atoms with Crippen molar-refractivity contribution < 1.29 is 13.0 Å². The largest absolute Gasteiger partial charge is 0.365 e. The van der Waals surface area contributed by atoms with Gasteiger partial charge in [0.1, 0.15) is 0 Å². The maximum atomic E-state index is 9.93. The Balaban J connectivity index is 4.04. The van der Waals surface area contributed by atoms with Crippen molar-refractivity contribution in [2.24, 2.45) is 0 Å². The molecule has 4 nitrogen and oxygen atoms in total. The Morgan fingerprint density at radius 3 is 1.88 bits per heavy atom. The van der Waals surface area contributed by atoms with Crippen molar-refractivity contribution in [1.29, 1.82) is 0 Å². The average Bonchev–Trinajstić information content (AvgIpc) is 1.62. The van der Waals surface area contributed by atoms with Gasteiger partial charge in [0.25, 0.3) is 0 Å². The highest BCUT2D eigenvalue weighted by Crippen LogP contribution is 1.89. The normalized spacial score (nSPS) is 12.5. The summed E-state index contributed by atoms with van der Waals surface area (Å²) in [5, 5.41) is 0. The Hall–Kier alpha value is -0.130. The zero-order valence-electron chi connectivity index (χ0n) is 4.79. The van der Waals surface area contributed by atoms with E-state index in [0.717, 1.165) is 4.31 Å². The molecule has 0 fully saturated rings. The van der Waals surface area contributed by atoms with E-state index in [1.807, 2.05) is 0 Å². The number of rotatable bonds is 2. The van der Waals surface area contributed by atoms with Crippen molar-refractivity contribution in [2.45, 2.75) is 6.92 Å². The van der Waals surface area contributed by atoms with Gasteiger partial charge in [-0.3, -0.25) is 0 Å². The van der Waals surface area contributed by atoms with Crippen molar-refractivity contribution >= 4 is 10.3 Å². The summed E-state index contributed by atoms with van der Waals surface area (Å²) in [6.07, 6.45) is 0. The Kier molecular flexibility index (Phi) is 2.39. The van der Waals surface area contributed by atoms with Crippen LogP contribution in [0.2, 0.25) is 0 Å². The molecule has 0 aromatic heterocycles. The maximum absolute atomic E-state index is 9.93. The Bertz CT molecular complexity index is 150. The van der Waals surface area contributed by atoms with E-state index in [-0.39, 0.29) is 6.54 Å². The Labute approximate surface area is 49.0 Å². The monoisotopic (exact) mass is 138 g/mol. The van der Waals surface area contributed by atoms with Crippen LogP contribution in [0.1, 0.15) is 6.92 Å². The molecule has 8 heavy (non-hydrogen) atoms. The van der Waals surface area contributed by atoms with Crippen molar-refractivity contribution in [3.8, 4) is 0 Å². The van der Waals surface area contributed by atoms with E-state index < -0.39 is 10.3 Å². The quantitative estimate of drug-likeness (QED) is 0.522. The standard InChI is InChI=1S/C3H8NO3S/c1-3-4(2)8(5,6)7/h3H2,1-2H3. The molecule has 0 atom stereocenters. The van der Waals surface area contributed by atoms with Gasteiger partial charge in [-0.2, -0.15) is 12.7 Å². The topological polar surface area (TPSA) is 57.3 Å². The molecule has 5 heteroatoms. The molecular weight excluding hydrogens is 130 g/mol. The van der Waals surface area contributed by atoms with E-state index in [1.54, 1.807) is 6.92 Å². The highest BCUT2D eigenvalue weighted by Gasteiger charge is 2.11. The lowest BCUT2D eigenvalue weighted by molar-refractivity contribution is 0.347. The lowest BCUT2D eigenvalue weighted by Gasteiger charge is -2.04. The summed E-state index contributed by atoms with van der Waals surface area (Å²) < 4.78 is 30.5. The van der Waals surface area contributed by atoms with Crippen molar-refractivity contribution in [2.75, 3.05) is 13.6 Å². The zero-order chi connectivity index (χ0) is 6.78. The van der Waals surface area contributed by atoms with E-state index in [0.29, 0.717) is 0 Å². The molecule has 0 N–H and O–H groups in total. The van der Waals surface area contributed by atoms with Gasteiger partial charge in [0.15, 0.2) is 0 Å². The van der Waals surface area contributed by atoms with Crippen LogP contribution in [0, 0.1) is 0 Å². The summed E-state index contributed by atoms with van der Waals surface area (Å²) in [5.74, 6) is 0. The summed E-state index contributed by atoms with van der Waals surface area (Å²) in [5.41, 5.74) is 0. The fourth-order valence-electron chi connectivity index (χ4n) is 0.158. The molecular formula is C3H8NO3S. The first-order valence-corrected chi connectivity index (χ1v) is 3.52. The Morgan fingerprint density at radius 1 is 1.50 bits per heavy atom. The molecule has 49 valence electrons. The molecule has 0 rings (SSSR count). The highest BCUT2D eigenvalue weighted by molar-refractivity contribution is 7.83. The molecule has 0 aliphatic rings. The second-order valence-corrected chi connectivity index (χ2v) is 2.85. The van der Waals surface area contributed by atoms with Gasteiger partial charge in [-0.05, 0) is 0 Å². The van der Waals surface area contributed by atoms with Crippen LogP contribution in [0.4, 0.5) is 0 Å². The molecule has 0 unspecified atom stereocenters. The third-order valence-corrected chi connectivity index (χ3v) is 1.85. The summed E-state index contributed by atoms with van der Waals surface area (Å²) >= 11 is 0. The average molecular weight is 138 g/mol. The molecule has 0 aliphatic carbocycles. The van der Waals surface area contributed by atoms with Gasteiger partial charge in [-0.1, -0.05) is 11.5 Å². The van der Waals surface area contributed by atoms with Crippen molar-refractivity contribution in [3.05, 3.63) is 0 Å². The van der Waals surface area contributed by atoms with Crippen LogP contribution in [-0.4, -0.2) is 26.3 Å². The van der Waals surface area contributed by atoms with Crippen LogP contribution >= 0.6 is 0 Å². The molecule has 0 aromatic carbocycles. The second kappa shape index (κ2) is 2.43. The van der Waals surface area contributed by atoms with Crippen LogP contribution in [0.15, 0.2) is 0 Å². The van der Waals surface area contributed by atoms with Crippen molar-refractivity contribution in [3.63, 3.8) is 0 Å². The molecule has 0 saturated heterocycles. The summed E-state index contributed by atoms with van der Waals surface area (Å²) in [6, 6.07) is 0. The van der Waals surface area contributed by atoms with Gasteiger partial charge < -0.3 is 0 Å². The lowest BCUT2D eigenvalue weighted by Crippen LogP contribution is -2.24. The fraction of sp³-hybridized carbons (Fsp3) is 1.00. The van der Waals surface area contributed by atoms with E-state index in [1.165, 1.54) is 7.05 Å². The number of hydrogen-bond acceptors (Lipinski definition) is 2. The smallest absolute Gasteiger partial charge is 0.180 e. The molecule has 0 aromatic rings. The highest BCUT2D eigenvalue weighted by atomic mass is 32.2. The van der Waals surface area contributed by atoms with Crippen molar-refractivity contribution in [1.82, 2.24) is 4.31 Å². The second-order valence-electron chi connectivity index (χ2n) is 1.37. The van der Waals surface area contributed by atoms with Crippen LogP contribution in [0.3, 0.4) is 0 Å². The van der Waals surface area contributed by atoms with E-state index in [2.05, 4.69) is 0 Å². The molecule has 0 spiro atoms. The van der Waals surface area contributed by atoms with E-state index in [4.69, 9.17) is 0 Å². The predicted molar refractivity (Wildman–Crippen MR) is 27.9 cm³/mol. The third-order valence-electron chi connectivity index (χ3n) is 0.827. The summed E-state index contributed by atoms with van der Waals surface area (Å²) in [4.78, 5) is 0. The minimum atomic E-state index is -4.17. The molecule has 0 amide bonds. The fourth-order valence-corrected chi connectivity index (χ4v) is 0.474. The predicted octanol–water partition coefficient (Wildman–Crippen LogP) is -0.387. The lowest BCUT2D eigenvalue weighted by atomic mass is 10.8. The summed E-state index contributed by atoms with van der Waals surface area (Å²) in [7, 11) is -2.93. The van der Waals surface area contributed by atoms with Crippen LogP contribution in [0.25, 0.3) is 0 Å². The van der Waals surface area contributed by atoms with Gasteiger partial charge >= 0.3 is 10.3 Å². The first kappa shape index (κ1) is 7.87. The Morgan fingerprint density at radius 2 is 1.88 bits per heavy atom. The van der Waals surface area contributed by atoms with Gasteiger partial charge in [-0.25, -0.2) is 0 Å². The van der Waals surface area contributed by atoms with E-state index >= 15 is 0 Å². The molecule has 0 bridgehead atoms. The summed E-state index contributed by atoms with van der Waals surface area (Å²) in [6.45, 7) is 1.82. The molecule has 0 aliphatic heterocycles. The minimum Gasteiger partial charge on any atom is -0.180 e. The van der Waals surface area contributed by atoms with E-state index in [9.17, 15) is 13.0 Å². The van der Waals surface area contributed by atoms with Gasteiger partial charge in [0.2, 0.25) is 0 Å².